The van der Waals surface area contributed by atoms with Crippen LogP contribution in [0.25, 0.3) is 5.69 Å². The van der Waals surface area contributed by atoms with Crippen molar-refractivity contribution in [3.05, 3.63) is 81.9 Å². The van der Waals surface area contributed by atoms with Gasteiger partial charge in [-0.15, -0.1) is 0 Å². The van der Waals surface area contributed by atoms with Crippen LogP contribution in [0, 0.1) is 6.92 Å². The highest BCUT2D eigenvalue weighted by molar-refractivity contribution is 6.45. The minimum absolute atomic E-state index is 0.0860. The van der Waals surface area contributed by atoms with Crippen LogP contribution in [0.1, 0.15) is 50.6 Å². The zero-order valence-corrected chi connectivity index (χ0v) is 27.3. The van der Waals surface area contributed by atoms with Crippen LogP contribution >= 0.6 is 23.2 Å². The number of amides is 2. The van der Waals surface area contributed by atoms with Crippen molar-refractivity contribution in [1.29, 1.82) is 0 Å². The number of anilines is 2. The Morgan fingerprint density at radius 2 is 1.70 bits per heavy atom. The first-order valence-corrected chi connectivity index (χ1v) is 14.9. The van der Waals surface area contributed by atoms with Crippen molar-refractivity contribution in [3.63, 3.8) is 0 Å². The molecule has 0 unspecified atom stereocenters. The Kier molecular flexibility index (Phi) is 10.6. The lowest BCUT2D eigenvalue weighted by molar-refractivity contribution is -0.118. The summed E-state index contributed by atoms with van der Waals surface area (Å²) >= 11 is 13.1. The highest BCUT2D eigenvalue weighted by Crippen LogP contribution is 2.39. The fourth-order valence-electron chi connectivity index (χ4n) is 4.22. The van der Waals surface area contributed by atoms with Crippen molar-refractivity contribution in [1.82, 2.24) is 24.6 Å². The van der Waals surface area contributed by atoms with Gasteiger partial charge in [-0.3, -0.25) is 10.1 Å². The first-order valence-electron chi connectivity index (χ1n) is 14.2. The van der Waals surface area contributed by atoms with Gasteiger partial charge in [0.1, 0.15) is 28.7 Å². The van der Waals surface area contributed by atoms with E-state index in [2.05, 4.69) is 41.4 Å². The first-order chi connectivity index (χ1) is 20.8. The lowest BCUT2D eigenvalue weighted by Crippen LogP contribution is -2.21. The molecular formula is C32H37Cl2N7O3. The second-order valence-corrected chi connectivity index (χ2v) is 12.6. The highest BCUT2D eigenvalue weighted by Gasteiger charge is 2.22. The molecule has 10 nitrogen and oxygen atoms in total. The van der Waals surface area contributed by atoms with Crippen LogP contribution in [-0.4, -0.2) is 57.1 Å². The van der Waals surface area contributed by atoms with Gasteiger partial charge in [0.2, 0.25) is 5.88 Å². The van der Waals surface area contributed by atoms with Gasteiger partial charge in [0, 0.05) is 30.4 Å². The van der Waals surface area contributed by atoms with Crippen LogP contribution in [0.5, 0.6) is 11.6 Å². The van der Waals surface area contributed by atoms with Crippen LogP contribution in [0.2, 0.25) is 10.0 Å². The molecule has 12 heteroatoms. The van der Waals surface area contributed by atoms with Crippen molar-refractivity contribution < 1.29 is 14.3 Å². The molecule has 0 radical (unpaired) electrons. The molecule has 4 rings (SSSR count). The summed E-state index contributed by atoms with van der Waals surface area (Å²) in [5.74, 6) is 1.03. The van der Waals surface area contributed by atoms with E-state index < -0.39 is 6.03 Å². The fraction of sp³-hybridized carbons (Fsp3) is 0.344. The van der Waals surface area contributed by atoms with E-state index >= 15 is 0 Å². The molecule has 0 aliphatic rings. The summed E-state index contributed by atoms with van der Waals surface area (Å²) in [6.07, 6.45) is 2.76. The van der Waals surface area contributed by atoms with Crippen LogP contribution in [0.4, 0.5) is 16.3 Å². The van der Waals surface area contributed by atoms with Gasteiger partial charge in [-0.05, 0) is 58.3 Å². The molecule has 2 aromatic heterocycles. The summed E-state index contributed by atoms with van der Waals surface area (Å²) < 4.78 is 7.56. The van der Waals surface area contributed by atoms with Crippen molar-refractivity contribution >= 4 is 46.5 Å². The number of hydrogen-bond acceptors (Lipinski definition) is 7. The molecule has 4 aromatic rings. The fourth-order valence-corrected chi connectivity index (χ4v) is 4.63. The van der Waals surface area contributed by atoms with E-state index in [1.807, 2.05) is 56.3 Å². The first kappa shape index (κ1) is 32.9. The lowest BCUT2D eigenvalue weighted by atomic mass is 9.92. The van der Waals surface area contributed by atoms with Gasteiger partial charge in [-0.25, -0.2) is 19.4 Å². The van der Waals surface area contributed by atoms with Crippen LogP contribution in [0.3, 0.4) is 0 Å². The van der Waals surface area contributed by atoms with Crippen molar-refractivity contribution in [2.24, 2.45) is 0 Å². The van der Waals surface area contributed by atoms with Gasteiger partial charge in [0.05, 0.1) is 27.8 Å². The van der Waals surface area contributed by atoms with E-state index in [1.165, 1.54) is 6.33 Å². The van der Waals surface area contributed by atoms with Crippen LogP contribution in [0.15, 0.2) is 54.9 Å². The summed E-state index contributed by atoms with van der Waals surface area (Å²) in [5, 5.41) is 10.6. The predicted octanol–water partition coefficient (Wildman–Crippen LogP) is 7.46. The molecule has 0 atom stereocenters. The average Bonchev–Trinajstić information content (AvgIpc) is 3.37. The van der Waals surface area contributed by atoms with Crippen molar-refractivity contribution in [2.45, 2.75) is 52.4 Å². The monoisotopic (exact) mass is 637 g/mol. The minimum atomic E-state index is -0.527. The minimum Gasteiger partial charge on any atom is -0.437 e. The number of ether oxygens (including phenoxy) is 1. The summed E-state index contributed by atoms with van der Waals surface area (Å²) in [6.45, 7) is 9.01. The maximum atomic E-state index is 13.1. The molecule has 0 aliphatic carbocycles. The van der Waals surface area contributed by atoms with Crippen molar-refractivity contribution in [3.8, 4) is 17.3 Å². The summed E-state index contributed by atoms with van der Waals surface area (Å²) in [5.41, 5.74) is 3.33. The smallest absolute Gasteiger partial charge is 0.324 e. The number of ketones is 1. The number of benzene rings is 2. The van der Waals surface area contributed by atoms with E-state index in [1.54, 1.807) is 22.9 Å². The van der Waals surface area contributed by atoms with E-state index in [0.29, 0.717) is 17.9 Å². The number of aromatic nitrogens is 4. The third-order valence-corrected chi connectivity index (χ3v) is 7.51. The number of urea groups is 1. The second kappa shape index (κ2) is 14.2. The molecule has 0 saturated heterocycles. The number of halogens is 2. The second-order valence-electron chi connectivity index (χ2n) is 11.8. The molecule has 2 N–H and O–H groups in total. The van der Waals surface area contributed by atoms with E-state index in [4.69, 9.17) is 33.0 Å². The lowest BCUT2D eigenvalue weighted by Gasteiger charge is -2.14. The van der Waals surface area contributed by atoms with Gasteiger partial charge >= 0.3 is 6.03 Å². The van der Waals surface area contributed by atoms with Gasteiger partial charge in [-0.1, -0.05) is 61.7 Å². The van der Waals surface area contributed by atoms with Gasteiger partial charge in [0.25, 0.3) is 0 Å². The zero-order chi connectivity index (χ0) is 32.0. The standard InChI is InChI=1S/C32H37Cl2N7O3/c1-20-9-11-22(12-10-20)41-27(18-26(39-41)32(2,3)4)38-31(43)37-24-13-14-25(30(34)29(24)33)44-28-17-21(35-19-36-28)16-23(42)8-7-15-40(5)6/h9-14,17-19H,7-8,15-16H2,1-6H3,(H2,37,38,43). The third-order valence-electron chi connectivity index (χ3n) is 6.65. The molecular weight excluding hydrogens is 601 g/mol. The molecule has 44 heavy (non-hydrogen) atoms. The summed E-state index contributed by atoms with van der Waals surface area (Å²) in [7, 11) is 3.94. The maximum Gasteiger partial charge on any atom is 0.324 e. The molecule has 0 saturated carbocycles. The number of hydrogen-bond donors (Lipinski definition) is 2. The van der Waals surface area contributed by atoms with Gasteiger partial charge in [-0.2, -0.15) is 5.10 Å². The maximum absolute atomic E-state index is 13.1. The Morgan fingerprint density at radius 3 is 2.39 bits per heavy atom. The number of nitrogens with zero attached hydrogens (tertiary/aromatic N) is 5. The van der Waals surface area contributed by atoms with Gasteiger partial charge < -0.3 is 15.0 Å². The Balaban J connectivity index is 1.45. The number of carbonyl (C=O) groups is 2. The number of nitrogens with one attached hydrogen (secondary N) is 2. The summed E-state index contributed by atoms with van der Waals surface area (Å²) in [4.78, 5) is 35.8. The Morgan fingerprint density at radius 1 is 0.977 bits per heavy atom. The largest absolute Gasteiger partial charge is 0.437 e. The SMILES string of the molecule is Cc1ccc(-n2nc(C(C)(C)C)cc2NC(=O)Nc2ccc(Oc3cc(CC(=O)CCCN(C)C)ncn3)c(Cl)c2Cl)cc1. The Bertz CT molecular complexity index is 1630. The average molecular weight is 639 g/mol. The van der Waals surface area contributed by atoms with Crippen LogP contribution in [-0.2, 0) is 16.6 Å². The van der Waals surface area contributed by atoms with E-state index in [9.17, 15) is 9.59 Å². The molecule has 0 aliphatic heterocycles. The molecule has 0 spiro atoms. The van der Waals surface area contributed by atoms with Crippen LogP contribution < -0.4 is 15.4 Å². The quantitative estimate of drug-likeness (QED) is 0.175. The van der Waals surface area contributed by atoms with Crippen molar-refractivity contribution in [2.75, 3.05) is 31.3 Å². The molecule has 0 bridgehead atoms. The molecule has 232 valence electrons. The Labute approximate surface area is 267 Å². The van der Waals surface area contributed by atoms with E-state index in [0.717, 1.165) is 29.9 Å². The van der Waals surface area contributed by atoms with Gasteiger partial charge in [0.15, 0.2) is 0 Å². The number of rotatable bonds is 11. The summed E-state index contributed by atoms with van der Waals surface area (Å²) in [6, 6.07) is 13.9. The predicted molar refractivity (Wildman–Crippen MR) is 175 cm³/mol. The topological polar surface area (TPSA) is 114 Å². The normalized spacial score (nSPS) is 11.5. The highest BCUT2D eigenvalue weighted by atomic mass is 35.5. The molecule has 2 amide bonds. The number of carbonyl (C=O) groups excluding carboxylic acids is 2. The Hall–Kier alpha value is -3.99. The molecule has 2 aromatic carbocycles. The molecule has 2 heterocycles. The molecule has 0 fully saturated rings. The number of aryl methyl sites for hydroxylation is 1. The number of Topliss-reactive ketones (excluding diaryl/α,β-unsaturated/α-hetero) is 1. The zero-order valence-electron chi connectivity index (χ0n) is 25.7. The third kappa shape index (κ3) is 8.78. The van der Waals surface area contributed by atoms with E-state index in [-0.39, 0.29) is 45.0 Å².